The van der Waals surface area contributed by atoms with Crippen LogP contribution in [0.15, 0.2) is 28.7 Å². The van der Waals surface area contributed by atoms with Gasteiger partial charge >= 0.3 is 0 Å². The smallest absolute Gasteiger partial charge is 0.0496 e. The molecule has 0 aliphatic heterocycles. The first-order chi connectivity index (χ1) is 7.60. The molecule has 3 heteroatoms. The third-order valence-corrected chi connectivity index (χ3v) is 3.53. The molecule has 0 bridgehead atoms. The molecule has 0 radical (unpaired) electrons. The van der Waals surface area contributed by atoms with Crippen molar-refractivity contribution in [2.24, 2.45) is 5.73 Å². The van der Waals surface area contributed by atoms with Crippen molar-refractivity contribution in [3.05, 3.63) is 34.3 Å². The molecule has 0 saturated carbocycles. The van der Waals surface area contributed by atoms with E-state index in [0.717, 1.165) is 17.4 Å². The molecule has 2 atom stereocenters. The molecule has 16 heavy (non-hydrogen) atoms. The minimum atomic E-state index is 0.180. The Morgan fingerprint density at radius 1 is 1.38 bits per heavy atom. The van der Waals surface area contributed by atoms with E-state index in [4.69, 9.17) is 5.73 Å². The van der Waals surface area contributed by atoms with Crippen LogP contribution in [-0.4, -0.2) is 24.5 Å². The zero-order chi connectivity index (χ0) is 12.1. The lowest BCUT2D eigenvalue weighted by atomic mass is 9.97. The lowest BCUT2D eigenvalue weighted by molar-refractivity contribution is 0.220. The van der Waals surface area contributed by atoms with Gasteiger partial charge in [0.05, 0.1) is 0 Å². The highest BCUT2D eigenvalue weighted by Crippen LogP contribution is 2.25. The third kappa shape index (κ3) is 3.30. The van der Waals surface area contributed by atoms with Crippen molar-refractivity contribution < 1.29 is 0 Å². The molecular formula is C13H21BrN2. The molecule has 0 fully saturated rings. The lowest BCUT2D eigenvalue weighted by Crippen LogP contribution is -2.38. The molecule has 2 nitrogen and oxygen atoms in total. The highest BCUT2D eigenvalue weighted by Gasteiger charge is 2.21. The topological polar surface area (TPSA) is 29.3 Å². The number of benzene rings is 1. The Morgan fingerprint density at radius 3 is 2.56 bits per heavy atom. The molecule has 2 N–H and O–H groups in total. The second-order valence-electron chi connectivity index (χ2n) is 4.15. The molecule has 1 rings (SSSR count). The van der Waals surface area contributed by atoms with Crippen molar-refractivity contribution in [1.82, 2.24) is 4.90 Å². The van der Waals surface area contributed by atoms with Gasteiger partial charge in [-0.05, 0) is 37.7 Å². The second kappa shape index (κ2) is 6.38. The van der Waals surface area contributed by atoms with Gasteiger partial charge < -0.3 is 5.73 Å². The van der Waals surface area contributed by atoms with Gasteiger partial charge in [0, 0.05) is 16.6 Å². The average molecular weight is 285 g/mol. The molecular weight excluding hydrogens is 264 g/mol. The summed E-state index contributed by atoms with van der Waals surface area (Å²) in [6.45, 7) is 5.30. The Labute approximate surface area is 107 Å². The van der Waals surface area contributed by atoms with Crippen LogP contribution in [0, 0.1) is 0 Å². The fourth-order valence-corrected chi connectivity index (χ4v) is 2.36. The van der Waals surface area contributed by atoms with Crippen molar-refractivity contribution in [3.63, 3.8) is 0 Å². The first kappa shape index (κ1) is 13.7. The van der Waals surface area contributed by atoms with Gasteiger partial charge in [-0.2, -0.15) is 0 Å². The minimum absolute atomic E-state index is 0.180. The Hall–Kier alpha value is -0.380. The van der Waals surface area contributed by atoms with Gasteiger partial charge in [0.25, 0.3) is 0 Å². The van der Waals surface area contributed by atoms with E-state index >= 15 is 0 Å². The number of rotatable bonds is 5. The first-order valence-electron chi connectivity index (χ1n) is 5.81. The number of nitrogens with two attached hydrogens (primary N) is 1. The molecule has 0 aromatic heterocycles. The Bertz CT molecular complexity index is 317. The van der Waals surface area contributed by atoms with Crippen LogP contribution in [0.25, 0.3) is 0 Å². The summed E-state index contributed by atoms with van der Waals surface area (Å²) in [5.74, 6) is 0. The summed E-state index contributed by atoms with van der Waals surface area (Å²) in [5, 5.41) is 0. The quantitative estimate of drug-likeness (QED) is 0.900. The SMILES string of the molecule is CCC(N)C(c1cccc(Br)c1)N(C)CC. The maximum absolute atomic E-state index is 6.22. The number of hydrogen-bond donors (Lipinski definition) is 1. The van der Waals surface area contributed by atoms with E-state index in [0.29, 0.717) is 6.04 Å². The molecule has 1 aromatic carbocycles. The van der Waals surface area contributed by atoms with Crippen LogP contribution in [0.4, 0.5) is 0 Å². The number of hydrogen-bond acceptors (Lipinski definition) is 2. The van der Waals surface area contributed by atoms with Crippen molar-refractivity contribution >= 4 is 15.9 Å². The molecule has 0 aliphatic rings. The van der Waals surface area contributed by atoms with E-state index in [-0.39, 0.29) is 6.04 Å². The zero-order valence-corrected chi connectivity index (χ0v) is 11.9. The van der Waals surface area contributed by atoms with Gasteiger partial charge in [-0.3, -0.25) is 4.90 Å². The Morgan fingerprint density at radius 2 is 2.06 bits per heavy atom. The summed E-state index contributed by atoms with van der Waals surface area (Å²) >= 11 is 3.51. The Balaban J connectivity index is 3.00. The summed E-state index contributed by atoms with van der Waals surface area (Å²) in [6, 6.07) is 8.90. The molecule has 0 amide bonds. The van der Waals surface area contributed by atoms with Gasteiger partial charge in [0.15, 0.2) is 0 Å². The molecule has 1 aromatic rings. The first-order valence-corrected chi connectivity index (χ1v) is 6.60. The molecule has 0 aliphatic carbocycles. The highest BCUT2D eigenvalue weighted by molar-refractivity contribution is 9.10. The highest BCUT2D eigenvalue weighted by atomic mass is 79.9. The van der Waals surface area contributed by atoms with Crippen LogP contribution in [0.5, 0.6) is 0 Å². The second-order valence-corrected chi connectivity index (χ2v) is 5.06. The number of nitrogens with zero attached hydrogens (tertiary/aromatic N) is 1. The van der Waals surface area contributed by atoms with E-state index in [9.17, 15) is 0 Å². The van der Waals surface area contributed by atoms with E-state index in [1.807, 2.05) is 6.07 Å². The van der Waals surface area contributed by atoms with Crippen molar-refractivity contribution in [2.75, 3.05) is 13.6 Å². The van der Waals surface area contributed by atoms with Crippen molar-refractivity contribution in [2.45, 2.75) is 32.4 Å². The van der Waals surface area contributed by atoms with Gasteiger partial charge in [-0.25, -0.2) is 0 Å². The standard InChI is InChI=1S/C13H21BrN2/c1-4-12(15)13(16(3)5-2)10-7-6-8-11(14)9-10/h6-9,12-13H,4-5,15H2,1-3H3. The van der Waals surface area contributed by atoms with Gasteiger partial charge in [-0.1, -0.05) is 41.9 Å². The molecule has 0 heterocycles. The fourth-order valence-electron chi connectivity index (χ4n) is 1.94. The predicted molar refractivity (Wildman–Crippen MR) is 73.5 cm³/mol. The van der Waals surface area contributed by atoms with Crippen LogP contribution in [0.1, 0.15) is 31.9 Å². The van der Waals surface area contributed by atoms with Crippen LogP contribution < -0.4 is 5.73 Å². The van der Waals surface area contributed by atoms with E-state index in [2.05, 4.69) is 59.9 Å². The largest absolute Gasteiger partial charge is 0.326 e. The summed E-state index contributed by atoms with van der Waals surface area (Å²) in [6.07, 6.45) is 0.988. The molecule has 0 saturated heterocycles. The summed E-state index contributed by atoms with van der Waals surface area (Å²) in [7, 11) is 2.13. The third-order valence-electron chi connectivity index (χ3n) is 3.04. The maximum atomic E-state index is 6.22. The van der Waals surface area contributed by atoms with Gasteiger partial charge in [-0.15, -0.1) is 0 Å². The number of likely N-dealkylation sites (N-methyl/N-ethyl adjacent to an activating group) is 1. The maximum Gasteiger partial charge on any atom is 0.0496 e. The molecule has 0 spiro atoms. The van der Waals surface area contributed by atoms with E-state index in [1.165, 1.54) is 5.56 Å². The summed E-state index contributed by atoms with van der Waals surface area (Å²) < 4.78 is 1.11. The van der Waals surface area contributed by atoms with Crippen molar-refractivity contribution in [1.29, 1.82) is 0 Å². The average Bonchev–Trinajstić information content (AvgIpc) is 2.29. The summed E-state index contributed by atoms with van der Waals surface area (Å²) in [5.41, 5.74) is 7.50. The van der Waals surface area contributed by atoms with Crippen LogP contribution in [-0.2, 0) is 0 Å². The van der Waals surface area contributed by atoms with E-state index in [1.54, 1.807) is 0 Å². The van der Waals surface area contributed by atoms with Crippen LogP contribution >= 0.6 is 15.9 Å². The molecule has 90 valence electrons. The fraction of sp³-hybridized carbons (Fsp3) is 0.538. The van der Waals surface area contributed by atoms with E-state index < -0.39 is 0 Å². The summed E-state index contributed by atoms with van der Waals surface area (Å²) in [4.78, 5) is 2.30. The lowest BCUT2D eigenvalue weighted by Gasteiger charge is -2.32. The normalized spacial score (nSPS) is 15.1. The molecule has 2 unspecified atom stereocenters. The van der Waals surface area contributed by atoms with Crippen LogP contribution in [0.2, 0.25) is 0 Å². The predicted octanol–water partition coefficient (Wildman–Crippen LogP) is 3.18. The monoisotopic (exact) mass is 284 g/mol. The number of halogens is 1. The van der Waals surface area contributed by atoms with Crippen LogP contribution in [0.3, 0.4) is 0 Å². The Kier molecular flexibility index (Phi) is 5.46. The van der Waals surface area contributed by atoms with Gasteiger partial charge in [0.2, 0.25) is 0 Å². The minimum Gasteiger partial charge on any atom is -0.326 e. The zero-order valence-electron chi connectivity index (χ0n) is 10.3. The van der Waals surface area contributed by atoms with Gasteiger partial charge in [0.1, 0.15) is 0 Å². The van der Waals surface area contributed by atoms with Crippen molar-refractivity contribution in [3.8, 4) is 0 Å².